The minimum absolute atomic E-state index is 0.193. The Morgan fingerprint density at radius 1 is 1.62 bits per heavy atom. The third-order valence-corrected chi connectivity index (χ3v) is 2.16. The summed E-state index contributed by atoms with van der Waals surface area (Å²) < 4.78 is 2.60. The van der Waals surface area contributed by atoms with Gasteiger partial charge in [-0.2, -0.15) is 5.10 Å². The van der Waals surface area contributed by atoms with Crippen molar-refractivity contribution in [2.75, 3.05) is 6.61 Å². The van der Waals surface area contributed by atoms with E-state index in [2.05, 4.69) is 17.1 Å². The summed E-state index contributed by atoms with van der Waals surface area (Å²) in [5.41, 5.74) is 0. The first kappa shape index (κ1) is 10.4. The van der Waals surface area contributed by atoms with Crippen molar-refractivity contribution in [3.63, 3.8) is 0 Å². The molecule has 74 valence electrons. The number of aliphatic hydroxyl groups is 1. The minimum atomic E-state index is 0.193. The molecule has 0 fully saturated rings. The number of aromatic amines is 1. The van der Waals surface area contributed by atoms with Crippen molar-refractivity contribution in [1.29, 1.82) is 0 Å². The van der Waals surface area contributed by atoms with Crippen LogP contribution in [0.15, 0.2) is 0 Å². The van der Waals surface area contributed by atoms with E-state index in [4.69, 9.17) is 17.3 Å². The molecular weight excluding hydrogens is 186 g/mol. The van der Waals surface area contributed by atoms with Gasteiger partial charge in [0.1, 0.15) is 5.82 Å². The second-order valence-corrected chi connectivity index (χ2v) is 3.31. The Labute approximate surface area is 82.6 Å². The minimum Gasteiger partial charge on any atom is -0.396 e. The van der Waals surface area contributed by atoms with E-state index < -0.39 is 0 Å². The number of hydrogen-bond donors (Lipinski definition) is 2. The highest BCUT2D eigenvalue weighted by Gasteiger charge is 2.03. The molecule has 0 unspecified atom stereocenters. The fourth-order valence-electron chi connectivity index (χ4n) is 1.22. The van der Waals surface area contributed by atoms with E-state index in [0.717, 1.165) is 31.6 Å². The van der Waals surface area contributed by atoms with Gasteiger partial charge in [0.15, 0.2) is 4.77 Å². The van der Waals surface area contributed by atoms with Crippen molar-refractivity contribution in [1.82, 2.24) is 14.8 Å². The predicted octanol–water partition coefficient (Wildman–Crippen LogP) is 1.28. The fraction of sp³-hybridized carbons (Fsp3) is 0.750. The zero-order chi connectivity index (χ0) is 9.68. The molecule has 0 aliphatic rings. The maximum atomic E-state index is 8.70. The quantitative estimate of drug-likeness (QED) is 0.705. The molecule has 5 heteroatoms. The number of rotatable bonds is 5. The molecule has 1 aromatic heterocycles. The second kappa shape index (κ2) is 5.14. The summed E-state index contributed by atoms with van der Waals surface area (Å²) in [6.07, 6.45) is 2.71. The van der Waals surface area contributed by atoms with E-state index in [1.54, 1.807) is 0 Å². The molecule has 4 nitrogen and oxygen atoms in total. The van der Waals surface area contributed by atoms with E-state index in [-0.39, 0.29) is 6.61 Å². The number of nitrogens with zero attached hydrogens (tertiary/aromatic N) is 2. The summed E-state index contributed by atoms with van der Waals surface area (Å²) in [5, 5.41) is 15.6. The van der Waals surface area contributed by atoms with Gasteiger partial charge in [-0.3, -0.25) is 5.10 Å². The Balaban J connectivity index is 2.75. The largest absolute Gasteiger partial charge is 0.396 e. The zero-order valence-electron chi connectivity index (χ0n) is 7.79. The Hall–Kier alpha value is -0.680. The molecule has 0 bridgehead atoms. The van der Waals surface area contributed by atoms with E-state index in [1.165, 1.54) is 0 Å². The lowest BCUT2D eigenvalue weighted by Crippen LogP contribution is -2.05. The number of nitrogens with one attached hydrogen (secondary N) is 1. The van der Waals surface area contributed by atoms with Crippen LogP contribution in [0.5, 0.6) is 0 Å². The maximum Gasteiger partial charge on any atom is 0.195 e. The monoisotopic (exact) mass is 201 g/mol. The smallest absolute Gasteiger partial charge is 0.195 e. The van der Waals surface area contributed by atoms with Gasteiger partial charge in [-0.25, -0.2) is 0 Å². The molecular formula is C8H15N3OS. The number of aryl methyl sites for hydroxylation is 1. The van der Waals surface area contributed by atoms with Gasteiger partial charge >= 0.3 is 0 Å². The van der Waals surface area contributed by atoms with Crippen LogP contribution in [0.1, 0.15) is 25.6 Å². The lowest BCUT2D eigenvalue weighted by molar-refractivity contribution is 0.278. The van der Waals surface area contributed by atoms with Gasteiger partial charge in [-0.1, -0.05) is 6.92 Å². The summed E-state index contributed by atoms with van der Waals surface area (Å²) in [6, 6.07) is 0. The Bertz CT molecular complexity index is 305. The Morgan fingerprint density at radius 2 is 2.38 bits per heavy atom. The second-order valence-electron chi connectivity index (χ2n) is 2.92. The van der Waals surface area contributed by atoms with Gasteiger partial charge in [0.05, 0.1) is 0 Å². The highest BCUT2D eigenvalue weighted by Crippen LogP contribution is 2.02. The van der Waals surface area contributed by atoms with Crippen LogP contribution in [-0.4, -0.2) is 26.5 Å². The molecule has 0 atom stereocenters. The Kier molecular flexibility index (Phi) is 4.11. The molecule has 2 N–H and O–H groups in total. The lowest BCUT2D eigenvalue weighted by atomic mass is 10.3. The van der Waals surface area contributed by atoms with Crippen LogP contribution in [0.2, 0.25) is 0 Å². The van der Waals surface area contributed by atoms with E-state index in [0.29, 0.717) is 4.77 Å². The summed E-state index contributed by atoms with van der Waals surface area (Å²) in [5.74, 6) is 0.987. The van der Waals surface area contributed by atoms with Crippen LogP contribution >= 0.6 is 12.2 Å². The third kappa shape index (κ3) is 2.63. The molecule has 1 rings (SSSR count). The van der Waals surface area contributed by atoms with Crippen LogP contribution in [0.3, 0.4) is 0 Å². The van der Waals surface area contributed by atoms with Crippen molar-refractivity contribution in [2.24, 2.45) is 0 Å². The zero-order valence-corrected chi connectivity index (χ0v) is 8.60. The van der Waals surface area contributed by atoms with Crippen molar-refractivity contribution >= 4 is 12.2 Å². The summed E-state index contributed by atoms with van der Waals surface area (Å²) in [6.45, 7) is 3.05. The third-order valence-electron chi connectivity index (χ3n) is 1.85. The van der Waals surface area contributed by atoms with Crippen molar-refractivity contribution in [2.45, 2.75) is 32.7 Å². The van der Waals surface area contributed by atoms with Gasteiger partial charge < -0.3 is 9.67 Å². The predicted molar refractivity (Wildman–Crippen MR) is 53.1 cm³/mol. The standard InChI is InChI=1S/C8H15N3OS/c1-2-4-7-9-10-8(13)11(7)5-3-6-12/h12H,2-6H2,1H3,(H,10,13). The molecule has 13 heavy (non-hydrogen) atoms. The van der Waals surface area contributed by atoms with Crippen LogP contribution < -0.4 is 0 Å². The Morgan fingerprint density at radius 3 is 3.00 bits per heavy atom. The van der Waals surface area contributed by atoms with Crippen molar-refractivity contribution in [3.05, 3.63) is 10.6 Å². The van der Waals surface area contributed by atoms with Crippen molar-refractivity contribution < 1.29 is 5.11 Å². The normalized spacial score (nSPS) is 10.6. The first-order valence-electron chi connectivity index (χ1n) is 4.54. The fourth-order valence-corrected chi connectivity index (χ4v) is 1.47. The van der Waals surface area contributed by atoms with E-state index >= 15 is 0 Å². The summed E-state index contributed by atoms with van der Waals surface area (Å²) in [4.78, 5) is 0. The van der Waals surface area contributed by atoms with Crippen LogP contribution in [0, 0.1) is 4.77 Å². The average Bonchev–Trinajstić information content (AvgIpc) is 2.45. The van der Waals surface area contributed by atoms with Gasteiger partial charge in [0.2, 0.25) is 0 Å². The molecule has 0 aliphatic carbocycles. The SMILES string of the molecule is CCCc1n[nH]c(=S)n1CCCO. The van der Waals surface area contributed by atoms with Gasteiger partial charge in [-0.05, 0) is 25.1 Å². The molecule has 0 spiro atoms. The molecule has 0 aliphatic heterocycles. The van der Waals surface area contributed by atoms with Gasteiger partial charge in [0.25, 0.3) is 0 Å². The molecule has 0 amide bonds. The average molecular weight is 201 g/mol. The lowest BCUT2D eigenvalue weighted by Gasteiger charge is -2.03. The molecule has 0 aromatic carbocycles. The van der Waals surface area contributed by atoms with E-state index in [1.807, 2.05) is 4.57 Å². The van der Waals surface area contributed by atoms with Gasteiger partial charge in [0, 0.05) is 19.6 Å². The van der Waals surface area contributed by atoms with Crippen LogP contribution in [-0.2, 0) is 13.0 Å². The summed E-state index contributed by atoms with van der Waals surface area (Å²) >= 11 is 5.06. The maximum absolute atomic E-state index is 8.70. The molecule has 0 radical (unpaired) electrons. The van der Waals surface area contributed by atoms with Crippen LogP contribution in [0.4, 0.5) is 0 Å². The van der Waals surface area contributed by atoms with Crippen LogP contribution in [0.25, 0.3) is 0 Å². The van der Waals surface area contributed by atoms with E-state index in [9.17, 15) is 0 Å². The number of aromatic nitrogens is 3. The first-order valence-corrected chi connectivity index (χ1v) is 4.95. The first-order chi connectivity index (χ1) is 6.29. The molecule has 1 heterocycles. The van der Waals surface area contributed by atoms with Gasteiger partial charge in [-0.15, -0.1) is 0 Å². The summed E-state index contributed by atoms with van der Waals surface area (Å²) in [7, 11) is 0. The molecule has 1 aromatic rings. The highest BCUT2D eigenvalue weighted by molar-refractivity contribution is 7.71. The molecule has 0 saturated carbocycles. The number of hydrogen-bond acceptors (Lipinski definition) is 3. The molecule has 0 saturated heterocycles. The number of H-pyrrole nitrogens is 1. The van der Waals surface area contributed by atoms with Crippen molar-refractivity contribution in [3.8, 4) is 0 Å². The number of aliphatic hydroxyl groups excluding tert-OH is 1. The highest BCUT2D eigenvalue weighted by atomic mass is 32.1. The topological polar surface area (TPSA) is 53.8 Å².